The molecule has 120 valence electrons. The molecule has 0 heterocycles. The zero-order valence-electron chi connectivity index (χ0n) is 13.4. The van der Waals surface area contributed by atoms with Crippen LogP contribution in [0.2, 0.25) is 0 Å². The van der Waals surface area contributed by atoms with Crippen LogP contribution in [0.15, 0.2) is 42.5 Å². The normalized spacial score (nSPS) is 11.5. The first-order valence-electron chi connectivity index (χ1n) is 7.44. The van der Waals surface area contributed by atoms with Crippen molar-refractivity contribution in [3.8, 4) is 11.5 Å². The first-order chi connectivity index (χ1) is 10.2. The van der Waals surface area contributed by atoms with Gasteiger partial charge in [-0.25, -0.2) is 0 Å². The lowest BCUT2D eigenvalue weighted by molar-refractivity contribution is -0.411. The van der Waals surface area contributed by atoms with Crippen molar-refractivity contribution >= 4 is 0 Å². The Kier molecular flexibility index (Phi) is 7.22. The van der Waals surface area contributed by atoms with E-state index in [9.17, 15) is 0 Å². The Morgan fingerprint density at radius 1 is 0.864 bits per heavy atom. The molecule has 22 heavy (non-hydrogen) atoms. The number of halogens is 1. The van der Waals surface area contributed by atoms with Crippen LogP contribution in [-0.2, 0) is 0 Å². The third-order valence-corrected chi connectivity index (χ3v) is 3.45. The number of benzene rings is 2. The predicted molar refractivity (Wildman–Crippen MR) is 84.7 cm³/mol. The number of ether oxygens (including phenoxy) is 2. The molecule has 2 rings (SSSR count). The third-order valence-electron chi connectivity index (χ3n) is 3.45. The summed E-state index contributed by atoms with van der Waals surface area (Å²) in [6.45, 7) is 7.29. The van der Waals surface area contributed by atoms with Crippen LogP contribution in [0.25, 0.3) is 0 Å². The molecule has 2 aromatic rings. The minimum absolute atomic E-state index is 0. The van der Waals surface area contributed by atoms with Gasteiger partial charge in [-0.3, -0.25) is 0 Å². The highest BCUT2D eigenvalue weighted by atomic mass is 35.5. The highest BCUT2D eigenvalue weighted by Gasteiger charge is 2.15. The summed E-state index contributed by atoms with van der Waals surface area (Å²) in [4.78, 5) is 0. The van der Waals surface area contributed by atoms with Gasteiger partial charge in [-0.1, -0.05) is 29.8 Å². The van der Waals surface area contributed by atoms with Crippen LogP contribution in [0.3, 0.4) is 0 Å². The van der Waals surface area contributed by atoms with Crippen LogP contribution in [0.4, 0.5) is 0 Å². The Labute approximate surface area is 138 Å². The van der Waals surface area contributed by atoms with Gasteiger partial charge in [0.05, 0.1) is 13.2 Å². The maximum Gasteiger partial charge on any atom is 0.161 e. The van der Waals surface area contributed by atoms with Crippen LogP contribution in [-0.4, -0.2) is 13.2 Å². The average molecular weight is 322 g/mol. The molecule has 4 heteroatoms. The van der Waals surface area contributed by atoms with E-state index in [1.807, 2.05) is 26.0 Å². The molecule has 1 atom stereocenters. The summed E-state index contributed by atoms with van der Waals surface area (Å²) in [7, 11) is 0. The van der Waals surface area contributed by atoms with Crippen molar-refractivity contribution in [3.05, 3.63) is 59.2 Å². The van der Waals surface area contributed by atoms with Crippen molar-refractivity contribution in [2.45, 2.75) is 26.8 Å². The van der Waals surface area contributed by atoms with Crippen molar-refractivity contribution < 1.29 is 27.6 Å². The summed E-state index contributed by atoms with van der Waals surface area (Å²) in [6, 6.07) is 14.6. The number of rotatable bonds is 6. The zero-order valence-corrected chi connectivity index (χ0v) is 14.2. The van der Waals surface area contributed by atoms with Crippen molar-refractivity contribution in [2.24, 2.45) is 0 Å². The Balaban J connectivity index is 0.00000242. The number of hydrogen-bond donors (Lipinski definition) is 1. The lowest BCUT2D eigenvalue weighted by Gasteiger charge is -2.15. The molecule has 3 N–H and O–H groups in total. The molecule has 0 aliphatic rings. The molecular weight excluding hydrogens is 298 g/mol. The SMILES string of the molecule is CCOc1ccc(C([NH3+])c2ccc(C)cc2)cc1OCC.[Cl-]. The molecule has 1 unspecified atom stereocenters. The van der Waals surface area contributed by atoms with E-state index in [1.54, 1.807) is 0 Å². The quantitative estimate of drug-likeness (QED) is 0.822. The Morgan fingerprint density at radius 2 is 1.41 bits per heavy atom. The molecular formula is C18H24ClNO2. The first-order valence-corrected chi connectivity index (χ1v) is 7.44. The fourth-order valence-electron chi connectivity index (χ4n) is 2.28. The maximum atomic E-state index is 5.68. The number of quaternary nitrogens is 1. The Hall–Kier alpha value is -1.71. The van der Waals surface area contributed by atoms with Crippen molar-refractivity contribution in [3.63, 3.8) is 0 Å². The highest BCUT2D eigenvalue weighted by Crippen LogP contribution is 2.31. The van der Waals surface area contributed by atoms with Gasteiger partial charge in [0, 0.05) is 11.1 Å². The van der Waals surface area contributed by atoms with E-state index in [-0.39, 0.29) is 18.4 Å². The summed E-state index contributed by atoms with van der Waals surface area (Å²) < 4.78 is 11.3. The van der Waals surface area contributed by atoms with Gasteiger partial charge in [0.1, 0.15) is 6.04 Å². The molecule has 0 radical (unpaired) electrons. The lowest BCUT2D eigenvalue weighted by atomic mass is 9.98. The average Bonchev–Trinajstić information content (AvgIpc) is 2.49. The third kappa shape index (κ3) is 4.39. The smallest absolute Gasteiger partial charge is 0.161 e. The maximum absolute atomic E-state index is 5.68. The first kappa shape index (κ1) is 18.3. The van der Waals surface area contributed by atoms with E-state index < -0.39 is 0 Å². The molecule has 0 aliphatic carbocycles. The van der Waals surface area contributed by atoms with Gasteiger partial charge in [0.25, 0.3) is 0 Å². The Morgan fingerprint density at radius 3 is 2.00 bits per heavy atom. The summed E-state index contributed by atoms with van der Waals surface area (Å²) in [5.74, 6) is 1.58. The highest BCUT2D eigenvalue weighted by molar-refractivity contribution is 5.45. The summed E-state index contributed by atoms with van der Waals surface area (Å²) in [5, 5.41) is 0. The second-order valence-corrected chi connectivity index (χ2v) is 5.04. The molecule has 0 aliphatic heterocycles. The van der Waals surface area contributed by atoms with E-state index in [4.69, 9.17) is 9.47 Å². The predicted octanol–water partition coefficient (Wildman–Crippen LogP) is 0.128. The van der Waals surface area contributed by atoms with Gasteiger partial charge in [0.15, 0.2) is 11.5 Å². The van der Waals surface area contributed by atoms with E-state index in [0.29, 0.717) is 13.2 Å². The summed E-state index contributed by atoms with van der Waals surface area (Å²) >= 11 is 0. The molecule has 0 aromatic heterocycles. The fourth-order valence-corrected chi connectivity index (χ4v) is 2.28. The summed E-state index contributed by atoms with van der Waals surface area (Å²) in [6.07, 6.45) is 0. The van der Waals surface area contributed by atoms with E-state index in [2.05, 4.69) is 43.0 Å². The van der Waals surface area contributed by atoms with Crippen molar-refractivity contribution in [1.29, 1.82) is 0 Å². The van der Waals surface area contributed by atoms with Crippen LogP contribution in [0.1, 0.15) is 36.6 Å². The molecule has 0 saturated heterocycles. The molecule has 2 aromatic carbocycles. The van der Waals surface area contributed by atoms with Gasteiger partial charge in [-0.2, -0.15) is 0 Å². The van der Waals surface area contributed by atoms with E-state index >= 15 is 0 Å². The monoisotopic (exact) mass is 321 g/mol. The van der Waals surface area contributed by atoms with Crippen molar-refractivity contribution in [2.75, 3.05) is 13.2 Å². The molecule has 0 amide bonds. The molecule has 0 saturated carbocycles. The van der Waals surface area contributed by atoms with Crippen molar-refractivity contribution in [1.82, 2.24) is 0 Å². The second kappa shape index (κ2) is 8.66. The zero-order chi connectivity index (χ0) is 15.2. The van der Waals surface area contributed by atoms with Crippen LogP contribution >= 0.6 is 0 Å². The van der Waals surface area contributed by atoms with Gasteiger partial charge < -0.3 is 27.6 Å². The topological polar surface area (TPSA) is 46.1 Å². The van der Waals surface area contributed by atoms with Crippen LogP contribution in [0.5, 0.6) is 11.5 Å². The largest absolute Gasteiger partial charge is 1.00 e. The van der Waals surface area contributed by atoms with Gasteiger partial charge in [0.2, 0.25) is 0 Å². The minimum Gasteiger partial charge on any atom is -1.00 e. The van der Waals surface area contributed by atoms with Crippen LogP contribution in [0, 0.1) is 6.92 Å². The van der Waals surface area contributed by atoms with Gasteiger partial charge in [-0.05, 0) is 39.0 Å². The van der Waals surface area contributed by atoms with Crippen LogP contribution < -0.4 is 27.6 Å². The molecule has 0 fully saturated rings. The lowest BCUT2D eigenvalue weighted by Crippen LogP contribution is -3.00. The molecule has 0 bridgehead atoms. The number of hydrogen-bond acceptors (Lipinski definition) is 2. The standard InChI is InChI=1S/C18H23NO2.ClH/c1-4-20-16-11-10-15(12-17(16)21-5-2)18(19)14-8-6-13(3)7-9-14;/h6-12,18H,4-5,19H2,1-3H3;1H. The molecule has 0 spiro atoms. The van der Waals surface area contributed by atoms with Gasteiger partial charge >= 0.3 is 0 Å². The Bertz CT molecular complexity index is 584. The minimum atomic E-state index is 0. The second-order valence-electron chi connectivity index (χ2n) is 5.04. The van der Waals surface area contributed by atoms with Gasteiger partial charge in [-0.15, -0.1) is 0 Å². The molecule has 3 nitrogen and oxygen atoms in total. The summed E-state index contributed by atoms with van der Waals surface area (Å²) in [5.41, 5.74) is 7.88. The number of aryl methyl sites for hydroxylation is 1. The van der Waals surface area contributed by atoms with E-state index in [1.165, 1.54) is 11.1 Å². The van der Waals surface area contributed by atoms with E-state index in [0.717, 1.165) is 17.1 Å². The fraction of sp³-hybridized carbons (Fsp3) is 0.333.